The molecule has 8 heteroatoms. The van der Waals surface area contributed by atoms with Crippen LogP contribution in [-0.4, -0.2) is 41.1 Å². The minimum Gasteiger partial charge on any atom is -0.394 e. The van der Waals surface area contributed by atoms with E-state index in [1.807, 2.05) is 24.3 Å². The number of benzene rings is 3. The highest BCUT2D eigenvalue weighted by Gasteiger charge is 2.30. The van der Waals surface area contributed by atoms with E-state index in [1.54, 1.807) is 24.3 Å². The van der Waals surface area contributed by atoms with Gasteiger partial charge in [-0.1, -0.05) is 36.4 Å². The number of amides is 2. The Morgan fingerprint density at radius 1 is 0.848 bits per heavy atom. The third-order valence-corrected chi connectivity index (χ3v) is 6.02. The molecule has 4 rings (SSSR count). The van der Waals surface area contributed by atoms with Gasteiger partial charge in [-0.2, -0.15) is 0 Å². The van der Waals surface area contributed by atoms with E-state index in [0.29, 0.717) is 5.56 Å². The van der Waals surface area contributed by atoms with Gasteiger partial charge in [-0.05, 0) is 58.5 Å². The minimum atomic E-state index is -1.17. The lowest BCUT2D eigenvalue weighted by molar-refractivity contribution is -0.124. The van der Waals surface area contributed by atoms with Crippen molar-refractivity contribution in [1.82, 2.24) is 10.6 Å². The monoisotopic (exact) mass is 554 g/mol. The van der Waals surface area contributed by atoms with Gasteiger partial charge >= 0.3 is 0 Å². The lowest BCUT2D eigenvalue weighted by atomic mass is 9.83. The number of hydrogen-bond acceptors (Lipinski definition) is 5. The summed E-state index contributed by atoms with van der Waals surface area (Å²) < 4.78 is 1.02. The van der Waals surface area contributed by atoms with Crippen molar-refractivity contribution in [3.05, 3.63) is 104 Å². The van der Waals surface area contributed by atoms with Crippen LogP contribution in [0.5, 0.6) is 0 Å². The number of halogens is 1. The molecule has 166 valence electrons. The van der Waals surface area contributed by atoms with Crippen LogP contribution >= 0.6 is 22.6 Å². The van der Waals surface area contributed by atoms with Crippen LogP contribution in [0.25, 0.3) is 0 Å². The highest BCUT2D eigenvalue weighted by molar-refractivity contribution is 14.1. The molecule has 0 bridgehead atoms. The highest BCUT2D eigenvalue weighted by atomic mass is 127. The Labute approximate surface area is 203 Å². The third kappa shape index (κ3) is 4.71. The van der Waals surface area contributed by atoms with Crippen LogP contribution in [0.1, 0.15) is 47.8 Å². The Kier molecular flexibility index (Phi) is 6.66. The van der Waals surface area contributed by atoms with E-state index in [0.717, 1.165) is 9.13 Å². The fourth-order valence-corrected chi connectivity index (χ4v) is 4.24. The van der Waals surface area contributed by atoms with Gasteiger partial charge in [0, 0.05) is 37.9 Å². The zero-order chi connectivity index (χ0) is 23.5. The van der Waals surface area contributed by atoms with Gasteiger partial charge in [0.2, 0.25) is 5.91 Å². The predicted molar refractivity (Wildman–Crippen MR) is 129 cm³/mol. The Hall–Kier alpha value is -3.37. The SMILES string of the molecule is O=C(N[C@@H](CO)C(=O)NCc1cccc(I)c1)c1ccc2c(c1)C(=O)c1ccccc1C2=O. The zero-order valence-corrected chi connectivity index (χ0v) is 19.5. The normalized spacial score (nSPS) is 13.0. The van der Waals surface area contributed by atoms with Crippen molar-refractivity contribution in [2.45, 2.75) is 12.6 Å². The lowest BCUT2D eigenvalue weighted by Gasteiger charge is -2.19. The molecule has 3 aromatic carbocycles. The smallest absolute Gasteiger partial charge is 0.252 e. The Morgan fingerprint density at radius 2 is 1.52 bits per heavy atom. The molecule has 1 aliphatic carbocycles. The van der Waals surface area contributed by atoms with Crippen LogP contribution in [0.2, 0.25) is 0 Å². The van der Waals surface area contributed by atoms with Crippen LogP contribution in [0, 0.1) is 3.57 Å². The second-order valence-electron chi connectivity index (χ2n) is 7.52. The molecule has 0 unspecified atom stereocenters. The summed E-state index contributed by atoms with van der Waals surface area (Å²) in [7, 11) is 0. The first-order chi connectivity index (χ1) is 15.9. The van der Waals surface area contributed by atoms with Crippen LogP contribution in [-0.2, 0) is 11.3 Å². The van der Waals surface area contributed by atoms with Crippen molar-refractivity contribution in [3.8, 4) is 0 Å². The molecule has 1 atom stereocenters. The van der Waals surface area contributed by atoms with E-state index in [2.05, 4.69) is 33.2 Å². The Balaban J connectivity index is 1.48. The molecule has 7 nitrogen and oxygen atoms in total. The van der Waals surface area contributed by atoms with Gasteiger partial charge < -0.3 is 15.7 Å². The van der Waals surface area contributed by atoms with Gasteiger partial charge in [-0.25, -0.2) is 0 Å². The molecule has 0 aliphatic heterocycles. The number of aliphatic hydroxyl groups is 1. The van der Waals surface area contributed by atoms with Crippen LogP contribution in [0.3, 0.4) is 0 Å². The largest absolute Gasteiger partial charge is 0.394 e. The maximum atomic E-state index is 12.9. The standard InChI is InChI=1S/C25H19IN2O5/c26-16-5-3-4-14(10-16)12-27-25(33)21(13-29)28-24(32)15-8-9-19-20(11-15)23(31)18-7-2-1-6-17(18)22(19)30/h1-11,21,29H,12-13H2,(H,27,33)(H,28,32)/t21-/m0/s1. The van der Waals surface area contributed by atoms with E-state index in [-0.39, 0.29) is 40.4 Å². The molecule has 3 aromatic rings. The fourth-order valence-electron chi connectivity index (χ4n) is 3.64. The summed E-state index contributed by atoms with van der Waals surface area (Å²) in [6.07, 6.45) is 0. The zero-order valence-electron chi connectivity index (χ0n) is 17.3. The van der Waals surface area contributed by atoms with Gasteiger partial charge in [-0.3, -0.25) is 19.2 Å². The second-order valence-corrected chi connectivity index (χ2v) is 8.77. The first-order valence-electron chi connectivity index (χ1n) is 10.2. The summed E-state index contributed by atoms with van der Waals surface area (Å²) in [5.74, 6) is -1.80. The lowest BCUT2D eigenvalue weighted by Crippen LogP contribution is -2.48. The number of fused-ring (bicyclic) bond motifs is 2. The number of hydrogen-bond donors (Lipinski definition) is 3. The minimum absolute atomic E-state index is 0.109. The van der Waals surface area contributed by atoms with Gasteiger partial charge in [0.1, 0.15) is 6.04 Å². The van der Waals surface area contributed by atoms with Crippen molar-refractivity contribution >= 4 is 46.0 Å². The topological polar surface area (TPSA) is 113 Å². The van der Waals surface area contributed by atoms with Gasteiger partial charge in [0.15, 0.2) is 11.6 Å². The third-order valence-electron chi connectivity index (χ3n) is 5.35. The summed E-state index contributed by atoms with van der Waals surface area (Å²) in [5, 5.41) is 14.8. The Bertz CT molecular complexity index is 1290. The number of ketones is 2. The van der Waals surface area contributed by atoms with E-state index in [9.17, 15) is 24.3 Å². The number of nitrogens with one attached hydrogen (secondary N) is 2. The molecule has 0 saturated carbocycles. The van der Waals surface area contributed by atoms with E-state index in [1.165, 1.54) is 18.2 Å². The molecule has 2 amide bonds. The molecular weight excluding hydrogens is 535 g/mol. The fraction of sp³-hybridized carbons (Fsp3) is 0.120. The number of aliphatic hydroxyl groups excluding tert-OH is 1. The maximum Gasteiger partial charge on any atom is 0.252 e. The molecule has 0 aromatic heterocycles. The van der Waals surface area contributed by atoms with Gasteiger partial charge in [-0.15, -0.1) is 0 Å². The van der Waals surface area contributed by atoms with E-state index >= 15 is 0 Å². The average Bonchev–Trinajstić information content (AvgIpc) is 2.84. The van der Waals surface area contributed by atoms with E-state index in [4.69, 9.17) is 0 Å². The number of carbonyl (C=O) groups excluding carboxylic acids is 4. The van der Waals surface area contributed by atoms with Crippen LogP contribution < -0.4 is 10.6 Å². The summed E-state index contributed by atoms with van der Waals surface area (Å²) >= 11 is 2.17. The molecule has 1 aliphatic rings. The summed E-state index contributed by atoms with van der Waals surface area (Å²) in [6, 6.07) is 17.1. The number of carbonyl (C=O) groups is 4. The first kappa shape index (κ1) is 22.8. The second kappa shape index (κ2) is 9.63. The first-order valence-corrected chi connectivity index (χ1v) is 11.2. The summed E-state index contributed by atoms with van der Waals surface area (Å²) in [4.78, 5) is 50.8. The van der Waals surface area contributed by atoms with Crippen LogP contribution in [0.15, 0.2) is 66.7 Å². The van der Waals surface area contributed by atoms with Gasteiger partial charge in [0.05, 0.1) is 6.61 Å². The molecule has 0 fully saturated rings. The van der Waals surface area contributed by atoms with Crippen molar-refractivity contribution in [1.29, 1.82) is 0 Å². The van der Waals surface area contributed by atoms with Gasteiger partial charge in [0.25, 0.3) is 5.91 Å². The average molecular weight is 554 g/mol. The molecule has 0 saturated heterocycles. The van der Waals surface area contributed by atoms with Crippen molar-refractivity contribution in [3.63, 3.8) is 0 Å². The molecule has 0 heterocycles. The quantitative estimate of drug-likeness (QED) is 0.317. The van der Waals surface area contributed by atoms with Crippen molar-refractivity contribution < 1.29 is 24.3 Å². The number of rotatable bonds is 6. The summed E-state index contributed by atoms with van der Waals surface area (Å²) in [5.41, 5.74) is 1.97. The molecule has 0 spiro atoms. The molecular formula is C25H19IN2O5. The summed E-state index contributed by atoms with van der Waals surface area (Å²) in [6.45, 7) is -0.351. The van der Waals surface area contributed by atoms with Crippen molar-refractivity contribution in [2.75, 3.05) is 6.61 Å². The highest BCUT2D eigenvalue weighted by Crippen LogP contribution is 2.27. The molecule has 0 radical (unpaired) electrons. The molecule has 3 N–H and O–H groups in total. The maximum absolute atomic E-state index is 12.9. The van der Waals surface area contributed by atoms with Crippen molar-refractivity contribution in [2.24, 2.45) is 0 Å². The molecule has 33 heavy (non-hydrogen) atoms. The Morgan fingerprint density at radius 3 is 2.18 bits per heavy atom. The van der Waals surface area contributed by atoms with E-state index < -0.39 is 24.5 Å². The van der Waals surface area contributed by atoms with Crippen LogP contribution in [0.4, 0.5) is 0 Å². The predicted octanol–water partition coefficient (Wildman–Crippen LogP) is 2.47.